The lowest BCUT2D eigenvalue weighted by Gasteiger charge is -2.52. The third-order valence-electron chi connectivity index (χ3n) is 8.56. The second-order valence-corrected chi connectivity index (χ2v) is 12.4. The van der Waals surface area contributed by atoms with E-state index >= 15 is 0 Å². The maximum atomic E-state index is 14.5. The van der Waals surface area contributed by atoms with E-state index in [4.69, 9.17) is 28.3 Å². The molecule has 1 aliphatic heterocycles. The Morgan fingerprint density at radius 1 is 0.878 bits per heavy atom. The van der Waals surface area contributed by atoms with Crippen LogP contribution in [0.4, 0.5) is 10.8 Å². The van der Waals surface area contributed by atoms with Crippen LogP contribution in [0.15, 0.2) is 96.1 Å². The van der Waals surface area contributed by atoms with Crippen molar-refractivity contribution < 1.29 is 9.59 Å². The molecule has 2 bridgehead atoms. The van der Waals surface area contributed by atoms with Crippen molar-refractivity contribution in [3.05, 3.63) is 123 Å². The van der Waals surface area contributed by atoms with Crippen molar-refractivity contribution in [3.63, 3.8) is 0 Å². The van der Waals surface area contributed by atoms with Crippen LogP contribution in [0.25, 0.3) is 10.2 Å². The molecular formula is C32H20Cl2N4O2S. The van der Waals surface area contributed by atoms with E-state index in [0.29, 0.717) is 15.8 Å². The Labute approximate surface area is 249 Å². The summed E-state index contributed by atoms with van der Waals surface area (Å²) in [6.07, 6.45) is 1.81. The summed E-state index contributed by atoms with van der Waals surface area (Å²) < 4.78 is 1.05. The number of imide groups is 1. The Balaban J connectivity index is 1.32. The van der Waals surface area contributed by atoms with Crippen LogP contribution in [-0.4, -0.2) is 23.0 Å². The molecule has 3 aliphatic carbocycles. The lowest BCUT2D eigenvalue weighted by atomic mass is 9.47. The lowest BCUT2D eigenvalue weighted by Crippen LogP contribution is -2.54. The Morgan fingerprint density at radius 2 is 1.56 bits per heavy atom. The average molecular weight is 596 g/mol. The van der Waals surface area contributed by atoms with Crippen molar-refractivity contribution in [1.29, 1.82) is 0 Å². The van der Waals surface area contributed by atoms with Crippen molar-refractivity contribution in [2.24, 2.45) is 16.9 Å². The van der Waals surface area contributed by atoms with Crippen molar-refractivity contribution in [1.82, 2.24) is 4.98 Å². The maximum absolute atomic E-state index is 14.5. The minimum absolute atomic E-state index is 0.250. The summed E-state index contributed by atoms with van der Waals surface area (Å²) in [4.78, 5) is 34.6. The van der Waals surface area contributed by atoms with Gasteiger partial charge in [0.1, 0.15) is 0 Å². The molecule has 0 radical (unpaired) electrons. The van der Waals surface area contributed by atoms with E-state index in [0.717, 1.165) is 32.5 Å². The molecule has 1 aromatic heterocycles. The molecule has 2 atom stereocenters. The Kier molecular flexibility index (Phi) is 5.42. The summed E-state index contributed by atoms with van der Waals surface area (Å²) in [5, 5.41) is 6.04. The molecule has 1 fully saturated rings. The van der Waals surface area contributed by atoms with Crippen LogP contribution in [0.2, 0.25) is 10.0 Å². The van der Waals surface area contributed by atoms with E-state index in [2.05, 4.69) is 22.5 Å². The fraction of sp³-hybridized carbons (Fsp3) is 0.125. The third-order valence-corrected chi connectivity index (χ3v) is 10.0. The average Bonchev–Trinajstić information content (AvgIpc) is 3.52. The van der Waals surface area contributed by atoms with Crippen molar-refractivity contribution in [2.75, 3.05) is 10.3 Å². The fourth-order valence-electron chi connectivity index (χ4n) is 7.06. The van der Waals surface area contributed by atoms with E-state index in [1.807, 2.05) is 66.9 Å². The highest BCUT2D eigenvalue weighted by Gasteiger charge is 2.68. The van der Waals surface area contributed by atoms with Gasteiger partial charge in [0.05, 0.1) is 38.2 Å². The van der Waals surface area contributed by atoms with E-state index < -0.39 is 17.3 Å². The zero-order valence-corrected chi connectivity index (χ0v) is 23.6. The molecule has 4 aliphatic rings. The van der Waals surface area contributed by atoms with Crippen LogP contribution in [0.1, 0.15) is 28.2 Å². The van der Waals surface area contributed by atoms with E-state index in [1.165, 1.54) is 16.2 Å². The highest BCUT2D eigenvalue weighted by Crippen LogP contribution is 2.63. The Bertz CT molecular complexity index is 1870. The summed E-state index contributed by atoms with van der Waals surface area (Å²) >= 11 is 14.2. The molecule has 2 heterocycles. The topological polar surface area (TPSA) is 74.7 Å². The van der Waals surface area contributed by atoms with Gasteiger partial charge in [-0.1, -0.05) is 95.2 Å². The van der Waals surface area contributed by atoms with Crippen molar-refractivity contribution in [3.8, 4) is 0 Å². The number of carbonyl (C=O) groups is 2. The molecule has 0 spiro atoms. The van der Waals surface area contributed by atoms with Crippen LogP contribution < -0.4 is 10.3 Å². The van der Waals surface area contributed by atoms with Gasteiger partial charge in [0.25, 0.3) is 0 Å². The number of thiazole rings is 1. The highest BCUT2D eigenvalue weighted by atomic mass is 35.5. The van der Waals surface area contributed by atoms with Crippen LogP contribution in [-0.2, 0) is 15.0 Å². The number of para-hydroxylation sites is 1. The van der Waals surface area contributed by atoms with Gasteiger partial charge in [0, 0.05) is 17.2 Å². The number of fused-ring (bicyclic) bond motifs is 1. The molecule has 9 rings (SSSR count). The second kappa shape index (κ2) is 8.98. The number of halogens is 2. The quantitative estimate of drug-likeness (QED) is 0.135. The molecule has 6 nitrogen and oxygen atoms in total. The number of amides is 2. The number of hydrogen-bond acceptors (Lipinski definition) is 6. The summed E-state index contributed by atoms with van der Waals surface area (Å²) in [6, 6.07) is 28.9. The Morgan fingerprint density at radius 3 is 2.27 bits per heavy atom. The zero-order chi connectivity index (χ0) is 27.9. The predicted molar refractivity (Wildman–Crippen MR) is 163 cm³/mol. The van der Waals surface area contributed by atoms with Gasteiger partial charge in [-0.25, -0.2) is 9.88 Å². The van der Waals surface area contributed by atoms with Crippen LogP contribution in [0.5, 0.6) is 0 Å². The third kappa shape index (κ3) is 3.37. The summed E-state index contributed by atoms with van der Waals surface area (Å²) in [6.45, 7) is 0. The molecule has 5 aromatic rings. The van der Waals surface area contributed by atoms with E-state index in [1.54, 1.807) is 18.2 Å². The number of carbonyl (C=O) groups excluding carboxylic acids is 2. The first-order valence-electron chi connectivity index (χ1n) is 13.2. The summed E-state index contributed by atoms with van der Waals surface area (Å²) in [5.74, 6) is -2.17. The molecule has 1 saturated heterocycles. The largest absolute Gasteiger partial charge is 0.274 e. The molecule has 9 heteroatoms. The van der Waals surface area contributed by atoms with Gasteiger partial charge in [-0.05, 0) is 52.6 Å². The first kappa shape index (κ1) is 24.7. The number of rotatable bonds is 4. The first-order valence-corrected chi connectivity index (χ1v) is 14.7. The molecule has 41 heavy (non-hydrogen) atoms. The van der Waals surface area contributed by atoms with Crippen LogP contribution in [0, 0.1) is 11.8 Å². The molecule has 2 amide bonds. The highest BCUT2D eigenvalue weighted by molar-refractivity contribution is 7.22. The van der Waals surface area contributed by atoms with Gasteiger partial charge in [0.2, 0.25) is 16.9 Å². The number of nitrogens with one attached hydrogen (secondary N) is 1. The Hall–Kier alpha value is -4.04. The van der Waals surface area contributed by atoms with Gasteiger partial charge in [-0.3, -0.25) is 15.0 Å². The SMILES string of the molecule is O=C1[C@@H]2C3c4ccccc4C(/C=N\Nc4nc5ccccc5s4)(c4ccccc43)[C@@H]2C(=O)N1c1ccc(Cl)cc1Cl. The number of benzene rings is 4. The minimum atomic E-state index is -0.989. The smallest absolute Gasteiger partial charge is 0.239 e. The van der Waals surface area contributed by atoms with E-state index in [-0.39, 0.29) is 22.8 Å². The van der Waals surface area contributed by atoms with Crippen LogP contribution in [0.3, 0.4) is 0 Å². The minimum Gasteiger partial charge on any atom is -0.274 e. The molecule has 0 saturated carbocycles. The normalized spacial score (nSPS) is 24.1. The molecule has 0 unspecified atom stereocenters. The molecule has 4 aromatic carbocycles. The van der Waals surface area contributed by atoms with Gasteiger partial charge in [0.15, 0.2) is 0 Å². The second-order valence-electron chi connectivity index (χ2n) is 10.5. The number of hydrazone groups is 1. The monoisotopic (exact) mass is 594 g/mol. The fourth-order valence-corrected chi connectivity index (χ4v) is 8.37. The van der Waals surface area contributed by atoms with Gasteiger partial charge in [-0.2, -0.15) is 5.10 Å². The zero-order valence-electron chi connectivity index (χ0n) is 21.3. The van der Waals surface area contributed by atoms with Crippen LogP contribution >= 0.6 is 34.5 Å². The molecule has 200 valence electrons. The lowest BCUT2D eigenvalue weighted by molar-refractivity contribution is -0.122. The molecular weight excluding hydrogens is 575 g/mol. The predicted octanol–water partition coefficient (Wildman–Crippen LogP) is 7.25. The van der Waals surface area contributed by atoms with Gasteiger partial charge < -0.3 is 0 Å². The number of nitrogens with zero attached hydrogens (tertiary/aromatic N) is 3. The van der Waals surface area contributed by atoms with Gasteiger partial charge >= 0.3 is 0 Å². The van der Waals surface area contributed by atoms with Gasteiger partial charge in [-0.15, -0.1) is 0 Å². The standard InChI is InChI=1S/C32H20Cl2N4O2S/c33-17-13-14-24(22(34)15-17)38-29(39)27-26-18-7-1-3-9-20(18)32(28(27)30(38)40,21-10-4-2-8-19(21)26)16-35-37-31-36-23-11-5-6-12-25(23)41-31/h1-16,26-28H,(H,36,37)/b35-16-/t26?,27-,28+,32?/m1/s1. The summed E-state index contributed by atoms with van der Waals surface area (Å²) in [7, 11) is 0. The number of anilines is 2. The number of aromatic nitrogens is 1. The van der Waals surface area contributed by atoms with Crippen molar-refractivity contribution >= 4 is 73.6 Å². The molecule has 1 N–H and O–H groups in total. The number of hydrogen-bond donors (Lipinski definition) is 1. The van der Waals surface area contributed by atoms with E-state index in [9.17, 15) is 9.59 Å². The summed E-state index contributed by atoms with van der Waals surface area (Å²) in [5.41, 5.74) is 7.37. The maximum Gasteiger partial charge on any atom is 0.239 e. The first-order chi connectivity index (χ1) is 20.0. The van der Waals surface area contributed by atoms with Crippen molar-refractivity contribution in [2.45, 2.75) is 11.3 Å².